The first-order valence-electron chi connectivity index (χ1n) is 4.76. The lowest BCUT2D eigenvalue weighted by molar-refractivity contribution is -0.128. The highest BCUT2D eigenvalue weighted by molar-refractivity contribution is 5.81. The maximum atomic E-state index is 11.1. The normalized spacial score (nSPS) is 9.83. The number of nitrogens with one attached hydrogen (secondary N) is 1. The third kappa shape index (κ3) is 7.58. The molecule has 0 saturated carbocycles. The molecule has 0 radical (unpaired) electrons. The molecular formula is C10H23NO. The van der Waals surface area contributed by atoms with Crippen molar-refractivity contribution in [1.29, 1.82) is 0 Å². The number of hydrogen-bond donors (Lipinski definition) is 1. The standard InChI is InChI=1S/C8H17NO.C2H6/c1-5-6-9-7(10)8(2,3)4;1-2/h5-6H2,1-4H3,(H,9,10);1-2H3. The van der Waals surface area contributed by atoms with Crippen LogP contribution in [0.1, 0.15) is 48.0 Å². The van der Waals surface area contributed by atoms with E-state index in [2.05, 4.69) is 5.32 Å². The van der Waals surface area contributed by atoms with Crippen molar-refractivity contribution in [2.45, 2.75) is 48.0 Å². The summed E-state index contributed by atoms with van der Waals surface area (Å²) < 4.78 is 0. The predicted molar refractivity (Wildman–Crippen MR) is 54.1 cm³/mol. The molecule has 1 amide bonds. The Hall–Kier alpha value is -0.530. The molecule has 0 aromatic rings. The number of amides is 1. The SMILES string of the molecule is CC.CCCNC(=O)C(C)(C)C. The van der Waals surface area contributed by atoms with Gasteiger partial charge in [0, 0.05) is 12.0 Å². The fourth-order valence-electron chi connectivity index (χ4n) is 0.504. The molecule has 74 valence electrons. The van der Waals surface area contributed by atoms with Crippen molar-refractivity contribution >= 4 is 5.91 Å². The van der Waals surface area contributed by atoms with Crippen LogP contribution in [0.3, 0.4) is 0 Å². The van der Waals surface area contributed by atoms with Crippen LogP contribution in [0.25, 0.3) is 0 Å². The molecule has 0 atom stereocenters. The zero-order valence-electron chi connectivity index (χ0n) is 9.32. The second-order valence-electron chi connectivity index (χ2n) is 3.51. The van der Waals surface area contributed by atoms with Crippen molar-refractivity contribution in [3.05, 3.63) is 0 Å². The fraction of sp³-hybridized carbons (Fsp3) is 0.900. The van der Waals surface area contributed by atoms with Crippen LogP contribution in [-0.2, 0) is 4.79 Å². The second-order valence-corrected chi connectivity index (χ2v) is 3.51. The molecule has 0 bridgehead atoms. The molecule has 0 unspecified atom stereocenters. The molecule has 0 aliphatic rings. The minimum Gasteiger partial charge on any atom is -0.356 e. The van der Waals surface area contributed by atoms with E-state index in [9.17, 15) is 4.79 Å². The minimum atomic E-state index is -0.241. The molecule has 0 aliphatic heterocycles. The maximum Gasteiger partial charge on any atom is 0.225 e. The zero-order chi connectivity index (χ0) is 10.2. The van der Waals surface area contributed by atoms with E-state index in [1.165, 1.54) is 0 Å². The Bertz CT molecular complexity index is 113. The number of carbonyl (C=O) groups excluding carboxylic acids is 1. The highest BCUT2D eigenvalue weighted by Crippen LogP contribution is 2.11. The van der Waals surface area contributed by atoms with Gasteiger partial charge in [-0.3, -0.25) is 4.79 Å². The van der Waals surface area contributed by atoms with Gasteiger partial charge < -0.3 is 5.32 Å². The van der Waals surface area contributed by atoms with E-state index >= 15 is 0 Å². The number of rotatable bonds is 2. The van der Waals surface area contributed by atoms with Gasteiger partial charge in [0.1, 0.15) is 0 Å². The maximum absolute atomic E-state index is 11.1. The van der Waals surface area contributed by atoms with Gasteiger partial charge in [0.2, 0.25) is 5.91 Å². The average Bonchev–Trinajstić information content (AvgIpc) is 2.02. The summed E-state index contributed by atoms with van der Waals surface area (Å²) in [7, 11) is 0. The number of hydrogen-bond acceptors (Lipinski definition) is 1. The van der Waals surface area contributed by atoms with Gasteiger partial charge in [-0.25, -0.2) is 0 Å². The first-order valence-corrected chi connectivity index (χ1v) is 4.76. The molecule has 1 N–H and O–H groups in total. The van der Waals surface area contributed by atoms with Crippen LogP contribution in [0.5, 0.6) is 0 Å². The number of carbonyl (C=O) groups is 1. The topological polar surface area (TPSA) is 29.1 Å². The van der Waals surface area contributed by atoms with Gasteiger partial charge >= 0.3 is 0 Å². The van der Waals surface area contributed by atoms with Crippen LogP contribution in [-0.4, -0.2) is 12.5 Å². The van der Waals surface area contributed by atoms with Crippen molar-refractivity contribution in [3.63, 3.8) is 0 Å². The molecule has 0 heterocycles. The van der Waals surface area contributed by atoms with Crippen molar-refractivity contribution in [3.8, 4) is 0 Å². The lowest BCUT2D eigenvalue weighted by Gasteiger charge is -2.16. The van der Waals surface area contributed by atoms with Crippen LogP contribution < -0.4 is 5.32 Å². The Morgan fingerprint density at radius 1 is 1.25 bits per heavy atom. The zero-order valence-corrected chi connectivity index (χ0v) is 9.32. The van der Waals surface area contributed by atoms with E-state index in [-0.39, 0.29) is 11.3 Å². The molecule has 0 saturated heterocycles. The Balaban J connectivity index is 0. The van der Waals surface area contributed by atoms with Crippen molar-refractivity contribution in [2.75, 3.05) is 6.54 Å². The van der Waals surface area contributed by atoms with E-state index in [1.807, 2.05) is 41.5 Å². The van der Waals surface area contributed by atoms with E-state index in [0.29, 0.717) is 0 Å². The van der Waals surface area contributed by atoms with Gasteiger partial charge in [-0.15, -0.1) is 0 Å². The Kier molecular flexibility index (Phi) is 8.34. The summed E-state index contributed by atoms with van der Waals surface area (Å²) in [5.41, 5.74) is -0.241. The minimum absolute atomic E-state index is 0.134. The average molecular weight is 173 g/mol. The monoisotopic (exact) mass is 173 g/mol. The first-order chi connectivity index (χ1) is 5.48. The van der Waals surface area contributed by atoms with Crippen LogP contribution in [0.4, 0.5) is 0 Å². The smallest absolute Gasteiger partial charge is 0.225 e. The molecule has 2 heteroatoms. The van der Waals surface area contributed by atoms with Gasteiger partial charge in [0.15, 0.2) is 0 Å². The van der Waals surface area contributed by atoms with Crippen molar-refractivity contribution in [1.82, 2.24) is 5.32 Å². The summed E-state index contributed by atoms with van der Waals surface area (Å²) >= 11 is 0. The molecule has 0 aromatic carbocycles. The summed E-state index contributed by atoms with van der Waals surface area (Å²) in [6.45, 7) is 12.6. The largest absolute Gasteiger partial charge is 0.356 e. The molecule has 0 aliphatic carbocycles. The second kappa shape index (κ2) is 7.14. The Labute approximate surface area is 76.7 Å². The van der Waals surface area contributed by atoms with Crippen LogP contribution in [0.15, 0.2) is 0 Å². The summed E-state index contributed by atoms with van der Waals surface area (Å²) in [5, 5.41) is 2.83. The van der Waals surface area contributed by atoms with E-state index in [1.54, 1.807) is 0 Å². The molecule has 0 aromatic heterocycles. The lowest BCUT2D eigenvalue weighted by atomic mass is 9.96. The highest BCUT2D eigenvalue weighted by atomic mass is 16.2. The molecule has 12 heavy (non-hydrogen) atoms. The molecule has 0 spiro atoms. The van der Waals surface area contributed by atoms with Crippen LogP contribution in [0.2, 0.25) is 0 Å². The first kappa shape index (κ1) is 14.0. The highest BCUT2D eigenvalue weighted by Gasteiger charge is 2.19. The third-order valence-electron chi connectivity index (χ3n) is 1.22. The molecule has 0 rings (SSSR count). The van der Waals surface area contributed by atoms with Gasteiger partial charge in [0.25, 0.3) is 0 Å². The molecular weight excluding hydrogens is 150 g/mol. The Morgan fingerprint density at radius 2 is 1.67 bits per heavy atom. The van der Waals surface area contributed by atoms with Gasteiger partial charge in [-0.05, 0) is 6.42 Å². The van der Waals surface area contributed by atoms with Crippen LogP contribution in [0, 0.1) is 5.41 Å². The third-order valence-corrected chi connectivity index (χ3v) is 1.22. The van der Waals surface area contributed by atoms with Gasteiger partial charge in [-0.1, -0.05) is 41.5 Å². The van der Waals surface area contributed by atoms with E-state index in [4.69, 9.17) is 0 Å². The van der Waals surface area contributed by atoms with E-state index < -0.39 is 0 Å². The summed E-state index contributed by atoms with van der Waals surface area (Å²) in [5.74, 6) is 0.134. The quantitative estimate of drug-likeness (QED) is 0.683. The lowest BCUT2D eigenvalue weighted by Crippen LogP contribution is -2.35. The Morgan fingerprint density at radius 3 is 1.92 bits per heavy atom. The van der Waals surface area contributed by atoms with Crippen molar-refractivity contribution < 1.29 is 4.79 Å². The van der Waals surface area contributed by atoms with E-state index in [0.717, 1.165) is 13.0 Å². The van der Waals surface area contributed by atoms with Crippen molar-refractivity contribution in [2.24, 2.45) is 5.41 Å². The molecule has 2 nitrogen and oxygen atoms in total. The van der Waals surface area contributed by atoms with Gasteiger partial charge in [-0.2, -0.15) is 0 Å². The molecule has 0 fully saturated rings. The predicted octanol–water partition coefficient (Wildman–Crippen LogP) is 2.58. The van der Waals surface area contributed by atoms with Crippen LogP contribution >= 0.6 is 0 Å². The van der Waals surface area contributed by atoms with Gasteiger partial charge in [0.05, 0.1) is 0 Å². The fourth-order valence-corrected chi connectivity index (χ4v) is 0.504. The summed E-state index contributed by atoms with van der Waals surface area (Å²) in [6.07, 6.45) is 1.00. The summed E-state index contributed by atoms with van der Waals surface area (Å²) in [4.78, 5) is 11.1. The summed E-state index contributed by atoms with van der Waals surface area (Å²) in [6, 6.07) is 0.